The van der Waals surface area contributed by atoms with Crippen LogP contribution in [0.15, 0.2) is 170 Å². The van der Waals surface area contributed by atoms with E-state index >= 15 is 0 Å². The van der Waals surface area contributed by atoms with Crippen LogP contribution in [0.1, 0.15) is 33.4 Å². The van der Waals surface area contributed by atoms with Crippen LogP contribution in [0.3, 0.4) is 0 Å². The Morgan fingerprint density at radius 2 is 0.648 bits per heavy atom. The van der Waals surface area contributed by atoms with E-state index in [-0.39, 0.29) is 0 Å². The van der Waals surface area contributed by atoms with Gasteiger partial charge >= 0.3 is 0 Å². The van der Waals surface area contributed by atoms with E-state index in [1.807, 2.05) is 24.3 Å². The Labute approximate surface area is 319 Å². The highest BCUT2D eigenvalue weighted by Gasteiger charge is 2.14. The number of para-hydroxylation sites is 2. The molecule has 0 radical (unpaired) electrons. The second-order valence-corrected chi connectivity index (χ2v) is 13.2. The summed E-state index contributed by atoms with van der Waals surface area (Å²) in [6.45, 7) is 4.22. The van der Waals surface area contributed by atoms with E-state index in [0.717, 1.165) is 67.9 Å². The van der Waals surface area contributed by atoms with Crippen LogP contribution in [0, 0.1) is 13.8 Å². The van der Waals surface area contributed by atoms with Gasteiger partial charge in [-0.1, -0.05) is 120 Å². The molecule has 7 rings (SSSR count). The lowest BCUT2D eigenvalue weighted by atomic mass is 10.0. The molecule has 0 aliphatic rings. The summed E-state index contributed by atoms with van der Waals surface area (Å²) in [4.78, 5) is 4.54. The summed E-state index contributed by atoms with van der Waals surface area (Å²) in [6.07, 6.45) is 8.35. The molecule has 7 aromatic rings. The Balaban J connectivity index is 1.10. The standard InChI is InChI=1S/C50H44N2O2/c1-37-15-27-45(28-16-37)51(43-11-7-5-8-12-43)47-31-21-39(22-32-47)19-25-41-35-50(54-4)42(36-49(41)53-3)26-20-40-23-33-48(34-24-40)52(44-13-9-6-10-14-44)46-29-17-38(2)18-30-46/h5-36H,1-4H3. The number of benzene rings is 7. The highest BCUT2D eigenvalue weighted by molar-refractivity contribution is 5.82. The van der Waals surface area contributed by atoms with Gasteiger partial charge in [-0.25, -0.2) is 0 Å². The van der Waals surface area contributed by atoms with E-state index < -0.39 is 0 Å². The number of methoxy groups -OCH3 is 2. The van der Waals surface area contributed by atoms with Gasteiger partial charge in [0, 0.05) is 45.3 Å². The first-order valence-corrected chi connectivity index (χ1v) is 18.1. The zero-order valence-electron chi connectivity index (χ0n) is 31.2. The van der Waals surface area contributed by atoms with Crippen LogP contribution in [-0.2, 0) is 0 Å². The Morgan fingerprint density at radius 3 is 0.963 bits per heavy atom. The van der Waals surface area contributed by atoms with Gasteiger partial charge < -0.3 is 19.3 Å². The Morgan fingerprint density at radius 1 is 0.352 bits per heavy atom. The third-order valence-electron chi connectivity index (χ3n) is 9.41. The van der Waals surface area contributed by atoms with Gasteiger partial charge in [0.2, 0.25) is 0 Å². The number of anilines is 6. The molecule has 0 bridgehead atoms. The quantitative estimate of drug-likeness (QED) is 0.118. The lowest BCUT2D eigenvalue weighted by Crippen LogP contribution is -2.09. The Kier molecular flexibility index (Phi) is 11.0. The largest absolute Gasteiger partial charge is 0.496 e. The third kappa shape index (κ3) is 8.30. The molecule has 0 fully saturated rings. The number of nitrogens with zero attached hydrogens (tertiary/aromatic N) is 2. The van der Waals surface area contributed by atoms with Crippen LogP contribution >= 0.6 is 0 Å². The van der Waals surface area contributed by atoms with Gasteiger partial charge in [-0.2, -0.15) is 0 Å². The molecule has 0 atom stereocenters. The van der Waals surface area contributed by atoms with Crippen molar-refractivity contribution in [2.75, 3.05) is 24.0 Å². The number of ether oxygens (including phenoxy) is 2. The molecule has 0 saturated heterocycles. The summed E-state index contributed by atoms with van der Waals surface area (Å²) in [7, 11) is 3.41. The fourth-order valence-electron chi connectivity index (χ4n) is 6.48. The monoisotopic (exact) mass is 704 g/mol. The maximum absolute atomic E-state index is 5.86. The number of aryl methyl sites for hydroxylation is 2. The molecule has 0 aliphatic carbocycles. The molecule has 0 unspecified atom stereocenters. The van der Waals surface area contributed by atoms with E-state index in [0.29, 0.717) is 0 Å². The minimum atomic E-state index is 0.768. The molecule has 7 aromatic carbocycles. The number of hydrogen-bond donors (Lipinski definition) is 0. The van der Waals surface area contributed by atoms with Crippen molar-refractivity contribution in [1.29, 1.82) is 0 Å². The van der Waals surface area contributed by atoms with Gasteiger partial charge in [0.1, 0.15) is 11.5 Å². The highest BCUT2D eigenvalue weighted by atomic mass is 16.5. The zero-order valence-corrected chi connectivity index (χ0v) is 31.2. The van der Waals surface area contributed by atoms with Gasteiger partial charge in [-0.05, 0) is 110 Å². The molecule has 0 spiro atoms. The van der Waals surface area contributed by atoms with E-state index in [1.165, 1.54) is 11.1 Å². The molecule has 4 heteroatoms. The first-order chi connectivity index (χ1) is 26.5. The summed E-state index contributed by atoms with van der Waals surface area (Å²) < 4.78 is 11.7. The summed E-state index contributed by atoms with van der Waals surface area (Å²) in [5, 5.41) is 0. The second-order valence-electron chi connectivity index (χ2n) is 13.2. The smallest absolute Gasteiger partial charge is 0.126 e. The zero-order chi connectivity index (χ0) is 37.3. The highest BCUT2D eigenvalue weighted by Crippen LogP contribution is 2.37. The third-order valence-corrected chi connectivity index (χ3v) is 9.41. The molecule has 0 saturated carbocycles. The van der Waals surface area contributed by atoms with Crippen molar-refractivity contribution < 1.29 is 9.47 Å². The van der Waals surface area contributed by atoms with Crippen molar-refractivity contribution in [3.8, 4) is 11.5 Å². The summed E-state index contributed by atoms with van der Waals surface area (Å²) in [5.41, 5.74) is 13.1. The van der Waals surface area contributed by atoms with Gasteiger partial charge in [0.15, 0.2) is 0 Å². The van der Waals surface area contributed by atoms with E-state index in [4.69, 9.17) is 9.47 Å². The Hall–Kier alpha value is -6.78. The van der Waals surface area contributed by atoms with Crippen molar-refractivity contribution in [2.45, 2.75) is 13.8 Å². The molecule has 266 valence electrons. The van der Waals surface area contributed by atoms with Crippen molar-refractivity contribution in [3.63, 3.8) is 0 Å². The van der Waals surface area contributed by atoms with Crippen LogP contribution in [-0.4, -0.2) is 14.2 Å². The van der Waals surface area contributed by atoms with Crippen LogP contribution < -0.4 is 19.3 Å². The molecular formula is C50H44N2O2. The van der Waals surface area contributed by atoms with Crippen LogP contribution in [0.4, 0.5) is 34.1 Å². The lowest BCUT2D eigenvalue weighted by Gasteiger charge is -2.25. The van der Waals surface area contributed by atoms with E-state index in [9.17, 15) is 0 Å². The summed E-state index contributed by atoms with van der Waals surface area (Å²) >= 11 is 0. The fourth-order valence-corrected chi connectivity index (χ4v) is 6.48. The fraction of sp³-hybridized carbons (Fsp3) is 0.0800. The number of hydrogen-bond acceptors (Lipinski definition) is 4. The molecule has 0 N–H and O–H groups in total. The maximum Gasteiger partial charge on any atom is 0.126 e. The van der Waals surface area contributed by atoms with E-state index in [2.05, 4.69) is 194 Å². The van der Waals surface area contributed by atoms with Gasteiger partial charge in [-0.3, -0.25) is 0 Å². The van der Waals surface area contributed by atoms with Crippen LogP contribution in [0.2, 0.25) is 0 Å². The van der Waals surface area contributed by atoms with Gasteiger partial charge in [0.25, 0.3) is 0 Å². The first kappa shape index (κ1) is 35.6. The van der Waals surface area contributed by atoms with Gasteiger partial charge in [-0.15, -0.1) is 0 Å². The predicted molar refractivity (Wildman–Crippen MR) is 229 cm³/mol. The number of rotatable bonds is 12. The first-order valence-electron chi connectivity index (χ1n) is 18.1. The maximum atomic E-state index is 5.86. The lowest BCUT2D eigenvalue weighted by molar-refractivity contribution is 0.401. The minimum Gasteiger partial charge on any atom is -0.496 e. The Bertz CT molecular complexity index is 2160. The second kappa shape index (κ2) is 16.7. The molecule has 0 aliphatic heterocycles. The van der Waals surface area contributed by atoms with Crippen molar-refractivity contribution in [2.24, 2.45) is 0 Å². The molecule has 0 heterocycles. The van der Waals surface area contributed by atoms with Crippen LogP contribution in [0.25, 0.3) is 24.3 Å². The van der Waals surface area contributed by atoms with Crippen molar-refractivity contribution >= 4 is 58.4 Å². The average molecular weight is 705 g/mol. The van der Waals surface area contributed by atoms with E-state index in [1.54, 1.807) is 14.2 Å². The summed E-state index contributed by atoms with van der Waals surface area (Å²) in [6, 6.07) is 59.4. The predicted octanol–water partition coefficient (Wildman–Crippen LogP) is 13.6. The molecular weight excluding hydrogens is 661 g/mol. The molecule has 0 aromatic heterocycles. The summed E-state index contributed by atoms with van der Waals surface area (Å²) in [5.74, 6) is 1.54. The SMILES string of the molecule is COc1cc(C=Cc2ccc(N(c3ccccc3)c3ccc(C)cc3)cc2)c(OC)cc1C=Cc1ccc(N(c2ccccc2)c2ccc(C)cc2)cc1. The normalized spacial score (nSPS) is 11.2. The molecule has 0 amide bonds. The molecule has 54 heavy (non-hydrogen) atoms. The molecule has 4 nitrogen and oxygen atoms in total. The minimum absolute atomic E-state index is 0.768. The average Bonchev–Trinajstić information content (AvgIpc) is 3.22. The van der Waals surface area contributed by atoms with Gasteiger partial charge in [0.05, 0.1) is 14.2 Å². The van der Waals surface area contributed by atoms with Crippen LogP contribution in [0.5, 0.6) is 11.5 Å². The topological polar surface area (TPSA) is 24.9 Å². The van der Waals surface area contributed by atoms with Crippen molar-refractivity contribution in [1.82, 2.24) is 0 Å². The van der Waals surface area contributed by atoms with Crippen molar-refractivity contribution in [3.05, 3.63) is 203 Å².